The van der Waals surface area contributed by atoms with Gasteiger partial charge in [-0.2, -0.15) is 13.2 Å². The first-order valence-electron chi connectivity index (χ1n) is 8.37. The summed E-state index contributed by atoms with van der Waals surface area (Å²) in [6.07, 6.45) is -2.96. The molecule has 0 aliphatic carbocycles. The Morgan fingerprint density at radius 2 is 1.81 bits per heavy atom. The number of ether oxygens (including phenoxy) is 1. The van der Waals surface area contributed by atoms with Gasteiger partial charge in [0.2, 0.25) is 5.91 Å². The predicted octanol–water partition coefficient (Wildman–Crippen LogP) is 3.93. The van der Waals surface area contributed by atoms with Crippen molar-refractivity contribution in [3.05, 3.63) is 59.9 Å². The molecule has 0 bridgehead atoms. The van der Waals surface area contributed by atoms with Gasteiger partial charge in [0, 0.05) is 12.6 Å². The zero-order chi connectivity index (χ0) is 19.7. The van der Waals surface area contributed by atoms with Crippen molar-refractivity contribution in [2.24, 2.45) is 0 Å². The number of nitrogens with one attached hydrogen (secondary N) is 2. The van der Waals surface area contributed by atoms with Gasteiger partial charge in [-0.15, -0.1) is 0 Å². The second-order valence-corrected chi connectivity index (χ2v) is 5.84. The van der Waals surface area contributed by atoms with Gasteiger partial charge in [0.1, 0.15) is 11.6 Å². The summed E-state index contributed by atoms with van der Waals surface area (Å²) in [6.45, 7) is -1.24. The van der Waals surface area contributed by atoms with Crippen LogP contribution in [0.1, 0.15) is 12.0 Å². The average molecular weight is 384 g/mol. The van der Waals surface area contributed by atoms with Crippen molar-refractivity contribution in [2.45, 2.75) is 19.0 Å². The molecule has 0 heterocycles. The molecule has 2 N–H and O–H groups in total. The Morgan fingerprint density at radius 1 is 1.07 bits per heavy atom. The van der Waals surface area contributed by atoms with E-state index in [0.29, 0.717) is 6.54 Å². The molecule has 2 aromatic carbocycles. The summed E-state index contributed by atoms with van der Waals surface area (Å²) in [5.74, 6) is -1.36. The van der Waals surface area contributed by atoms with Crippen LogP contribution in [0, 0.1) is 5.82 Å². The minimum Gasteiger partial charge on any atom is -0.482 e. The molecule has 0 aliphatic heterocycles. The molecule has 0 saturated heterocycles. The Balaban J connectivity index is 1.77. The number of carbonyl (C=O) groups excluding carboxylic acids is 1. The van der Waals surface area contributed by atoms with Crippen LogP contribution in [-0.4, -0.2) is 31.8 Å². The Labute approximate surface area is 154 Å². The van der Waals surface area contributed by atoms with Gasteiger partial charge in [-0.25, -0.2) is 4.39 Å². The van der Waals surface area contributed by atoms with Crippen molar-refractivity contribution < 1.29 is 27.1 Å². The van der Waals surface area contributed by atoms with E-state index in [2.05, 4.69) is 15.4 Å². The standard InChI is InChI=1S/C19H20F4N2O2/c20-15-8-9-16(17(11-15)27-13-19(21,22)23)25-12-18(26)24-10-4-7-14-5-2-1-3-6-14/h1-3,5-6,8-9,11,25H,4,7,10,12-13H2,(H,24,26). The fourth-order valence-electron chi connectivity index (χ4n) is 2.32. The fourth-order valence-corrected chi connectivity index (χ4v) is 2.32. The summed E-state index contributed by atoms with van der Waals surface area (Å²) in [7, 11) is 0. The van der Waals surface area contributed by atoms with E-state index in [4.69, 9.17) is 0 Å². The number of rotatable bonds is 9. The number of hydrogen-bond donors (Lipinski definition) is 2. The molecule has 8 heteroatoms. The molecule has 2 rings (SSSR count). The molecule has 0 aromatic heterocycles. The van der Waals surface area contributed by atoms with Crippen molar-refractivity contribution in [3.63, 3.8) is 0 Å². The molecular weight excluding hydrogens is 364 g/mol. The second-order valence-electron chi connectivity index (χ2n) is 5.84. The third kappa shape index (κ3) is 7.98. The quantitative estimate of drug-likeness (QED) is 0.509. The van der Waals surface area contributed by atoms with Gasteiger partial charge in [0.15, 0.2) is 6.61 Å². The molecule has 0 radical (unpaired) electrons. The van der Waals surface area contributed by atoms with Crippen LogP contribution in [0.25, 0.3) is 0 Å². The van der Waals surface area contributed by atoms with Crippen LogP contribution < -0.4 is 15.4 Å². The van der Waals surface area contributed by atoms with Crippen molar-refractivity contribution in [1.82, 2.24) is 5.32 Å². The van der Waals surface area contributed by atoms with Crippen LogP contribution in [0.2, 0.25) is 0 Å². The molecule has 0 atom stereocenters. The lowest BCUT2D eigenvalue weighted by molar-refractivity contribution is -0.153. The number of carbonyl (C=O) groups is 1. The number of alkyl halides is 3. The third-order valence-corrected chi connectivity index (χ3v) is 3.58. The van der Waals surface area contributed by atoms with E-state index in [9.17, 15) is 22.4 Å². The largest absolute Gasteiger partial charge is 0.482 e. The van der Waals surface area contributed by atoms with Crippen LogP contribution in [-0.2, 0) is 11.2 Å². The minimum absolute atomic E-state index is 0.111. The monoisotopic (exact) mass is 384 g/mol. The molecule has 0 aliphatic rings. The van der Waals surface area contributed by atoms with E-state index in [1.54, 1.807) is 0 Å². The molecular formula is C19H20F4N2O2. The molecule has 0 fully saturated rings. The molecule has 2 aromatic rings. The number of halogens is 4. The second kappa shape index (κ2) is 9.80. The molecule has 4 nitrogen and oxygen atoms in total. The Morgan fingerprint density at radius 3 is 2.52 bits per heavy atom. The van der Waals surface area contributed by atoms with Gasteiger partial charge in [0.05, 0.1) is 12.2 Å². The maximum Gasteiger partial charge on any atom is 0.422 e. The third-order valence-electron chi connectivity index (χ3n) is 3.58. The summed E-state index contributed by atoms with van der Waals surface area (Å²) in [6, 6.07) is 13.0. The van der Waals surface area contributed by atoms with E-state index < -0.39 is 18.6 Å². The molecule has 0 saturated carbocycles. The zero-order valence-corrected chi connectivity index (χ0v) is 14.5. The topological polar surface area (TPSA) is 50.4 Å². The summed E-state index contributed by atoms with van der Waals surface area (Å²) in [4.78, 5) is 11.9. The first-order valence-corrected chi connectivity index (χ1v) is 8.37. The summed E-state index contributed by atoms with van der Waals surface area (Å²) >= 11 is 0. The van der Waals surface area contributed by atoms with Gasteiger partial charge >= 0.3 is 6.18 Å². The summed E-state index contributed by atoms with van der Waals surface area (Å²) in [5.41, 5.74) is 1.28. The van der Waals surface area contributed by atoms with Gasteiger partial charge in [-0.1, -0.05) is 30.3 Å². The Bertz CT molecular complexity index is 736. The van der Waals surface area contributed by atoms with Crippen molar-refractivity contribution in [1.29, 1.82) is 0 Å². The molecule has 1 amide bonds. The highest BCUT2D eigenvalue weighted by molar-refractivity contribution is 5.81. The van der Waals surface area contributed by atoms with Crippen LogP contribution >= 0.6 is 0 Å². The molecule has 0 spiro atoms. The van der Waals surface area contributed by atoms with Crippen LogP contribution in [0.15, 0.2) is 48.5 Å². The summed E-state index contributed by atoms with van der Waals surface area (Å²) in [5, 5.41) is 5.38. The van der Waals surface area contributed by atoms with Crippen LogP contribution in [0.5, 0.6) is 5.75 Å². The van der Waals surface area contributed by atoms with E-state index in [-0.39, 0.29) is 23.9 Å². The maximum absolute atomic E-state index is 13.2. The fraction of sp³-hybridized carbons (Fsp3) is 0.316. The van der Waals surface area contributed by atoms with Crippen LogP contribution in [0.3, 0.4) is 0 Å². The lowest BCUT2D eigenvalue weighted by atomic mass is 10.1. The first-order chi connectivity index (χ1) is 12.8. The smallest absolute Gasteiger partial charge is 0.422 e. The zero-order valence-electron chi connectivity index (χ0n) is 14.5. The van der Waals surface area contributed by atoms with Crippen LogP contribution in [0.4, 0.5) is 23.2 Å². The normalized spacial score (nSPS) is 11.1. The lowest BCUT2D eigenvalue weighted by Crippen LogP contribution is -2.31. The number of benzene rings is 2. The van der Waals surface area contributed by atoms with Crippen molar-refractivity contribution in [3.8, 4) is 5.75 Å². The highest BCUT2D eigenvalue weighted by atomic mass is 19.4. The number of aryl methyl sites for hydroxylation is 1. The highest BCUT2D eigenvalue weighted by Gasteiger charge is 2.29. The van der Waals surface area contributed by atoms with E-state index in [0.717, 1.165) is 25.0 Å². The number of anilines is 1. The summed E-state index contributed by atoms with van der Waals surface area (Å²) < 4.78 is 54.7. The predicted molar refractivity (Wildman–Crippen MR) is 94.2 cm³/mol. The number of hydrogen-bond acceptors (Lipinski definition) is 3. The SMILES string of the molecule is O=C(CNc1ccc(F)cc1OCC(F)(F)F)NCCCc1ccccc1. The molecule has 27 heavy (non-hydrogen) atoms. The Hall–Kier alpha value is -2.77. The molecule has 0 unspecified atom stereocenters. The van der Waals surface area contributed by atoms with E-state index in [1.165, 1.54) is 11.6 Å². The maximum atomic E-state index is 13.2. The van der Waals surface area contributed by atoms with Gasteiger partial charge in [0.25, 0.3) is 0 Å². The average Bonchev–Trinajstić information content (AvgIpc) is 2.63. The Kier molecular flexibility index (Phi) is 7.45. The van der Waals surface area contributed by atoms with Crippen molar-refractivity contribution in [2.75, 3.05) is 25.0 Å². The minimum atomic E-state index is -4.54. The van der Waals surface area contributed by atoms with Gasteiger partial charge < -0.3 is 15.4 Å². The van der Waals surface area contributed by atoms with Gasteiger partial charge in [-0.05, 0) is 30.5 Å². The van der Waals surface area contributed by atoms with E-state index >= 15 is 0 Å². The number of amides is 1. The van der Waals surface area contributed by atoms with Gasteiger partial charge in [-0.3, -0.25) is 4.79 Å². The highest BCUT2D eigenvalue weighted by Crippen LogP contribution is 2.27. The van der Waals surface area contributed by atoms with E-state index in [1.807, 2.05) is 30.3 Å². The molecule has 146 valence electrons. The van der Waals surface area contributed by atoms with Crippen molar-refractivity contribution >= 4 is 11.6 Å². The lowest BCUT2D eigenvalue weighted by Gasteiger charge is -2.14. The first kappa shape index (κ1) is 20.5.